The summed E-state index contributed by atoms with van der Waals surface area (Å²) in [4.78, 5) is 35.4. The molecular weight excluding hydrogens is 469 g/mol. The quantitative estimate of drug-likeness (QED) is 0.256. The van der Waals surface area contributed by atoms with Crippen LogP contribution >= 0.6 is 0 Å². The van der Waals surface area contributed by atoms with E-state index in [4.69, 9.17) is 9.15 Å². The Morgan fingerprint density at radius 2 is 1.77 bits per heavy atom. The molecule has 3 amide bonds. The summed E-state index contributed by atoms with van der Waals surface area (Å²) in [6.07, 6.45) is -1.78. The Kier molecular flexibility index (Phi) is 8.22. The Balaban J connectivity index is 1.41. The molecule has 0 bridgehead atoms. The molecule has 0 radical (unpaired) electrons. The highest BCUT2D eigenvalue weighted by Gasteiger charge is 2.30. The van der Waals surface area contributed by atoms with Crippen LogP contribution in [0.25, 0.3) is 0 Å². The lowest BCUT2D eigenvalue weighted by atomic mass is 10.2. The van der Waals surface area contributed by atoms with Crippen molar-refractivity contribution in [3.05, 3.63) is 83.8 Å². The number of carbonyl (C=O) groups excluding carboxylic acids is 3. The first-order valence-corrected chi connectivity index (χ1v) is 10.0. The van der Waals surface area contributed by atoms with E-state index < -0.39 is 36.1 Å². The second-order valence-corrected chi connectivity index (χ2v) is 6.95. The van der Waals surface area contributed by atoms with Crippen molar-refractivity contribution in [2.75, 3.05) is 11.9 Å². The number of halogens is 3. The number of rotatable bonds is 8. The Labute approximate surface area is 197 Å². The Bertz CT molecular complexity index is 1190. The number of benzene rings is 2. The van der Waals surface area contributed by atoms with Gasteiger partial charge in [0.15, 0.2) is 6.61 Å². The van der Waals surface area contributed by atoms with E-state index in [1.807, 2.05) is 0 Å². The zero-order valence-corrected chi connectivity index (χ0v) is 18.0. The van der Waals surface area contributed by atoms with Crippen LogP contribution in [-0.4, -0.2) is 30.5 Å². The van der Waals surface area contributed by atoms with Crippen molar-refractivity contribution < 1.29 is 36.7 Å². The lowest BCUT2D eigenvalue weighted by molar-refractivity contribution is -0.139. The molecule has 3 N–H and O–H groups in total. The van der Waals surface area contributed by atoms with E-state index in [1.54, 1.807) is 24.3 Å². The van der Waals surface area contributed by atoms with Crippen molar-refractivity contribution >= 4 is 29.6 Å². The topological polar surface area (TPSA) is 122 Å². The largest absolute Gasteiger partial charge is 0.484 e. The molecule has 9 nitrogen and oxygen atoms in total. The monoisotopic (exact) mass is 488 g/mol. The van der Waals surface area contributed by atoms with Gasteiger partial charge in [0, 0.05) is 5.69 Å². The van der Waals surface area contributed by atoms with E-state index >= 15 is 0 Å². The van der Waals surface area contributed by atoms with Gasteiger partial charge in [-0.3, -0.25) is 14.4 Å². The summed E-state index contributed by atoms with van der Waals surface area (Å²) < 4.78 is 48.6. The molecule has 0 unspecified atom stereocenters. The molecule has 0 saturated carbocycles. The molecule has 12 heteroatoms. The molecule has 3 rings (SSSR count). The molecule has 0 saturated heterocycles. The number of ether oxygens (including phenoxy) is 1. The van der Waals surface area contributed by atoms with Crippen molar-refractivity contribution in [3.8, 4) is 5.75 Å². The minimum absolute atomic E-state index is 0.00308. The fourth-order valence-electron chi connectivity index (χ4n) is 2.65. The fourth-order valence-corrected chi connectivity index (χ4v) is 2.65. The number of hydrazone groups is 1. The van der Waals surface area contributed by atoms with Gasteiger partial charge in [-0.25, -0.2) is 5.43 Å². The minimum atomic E-state index is -4.52. The summed E-state index contributed by atoms with van der Waals surface area (Å²) in [6, 6.07) is 13.8. The molecule has 0 aliphatic rings. The van der Waals surface area contributed by atoms with E-state index in [2.05, 4.69) is 21.2 Å². The number of furan rings is 1. The van der Waals surface area contributed by atoms with Gasteiger partial charge in [-0.15, -0.1) is 0 Å². The third-order valence-corrected chi connectivity index (χ3v) is 4.31. The molecule has 0 aliphatic carbocycles. The number of hydrogen-bond donors (Lipinski definition) is 3. The normalized spacial score (nSPS) is 11.2. The van der Waals surface area contributed by atoms with Crippen LogP contribution in [0.4, 0.5) is 18.9 Å². The molecule has 0 fully saturated rings. The van der Waals surface area contributed by atoms with Gasteiger partial charge in [0.1, 0.15) is 11.5 Å². The highest BCUT2D eigenvalue weighted by molar-refractivity contribution is 6.35. The van der Waals surface area contributed by atoms with Crippen LogP contribution in [0.15, 0.2) is 76.4 Å². The standard InChI is InChI=1S/C23H19F3N4O5/c24-23(25,26)16-3-1-4-17(11-16)29-20(31)14-35-18-8-6-15(7-9-18)12-28-30-22(33)21(32)27-13-19-5-2-10-34-19/h1-12H,13-14H2,(H,27,32)(H,29,31)(H,30,33)/b28-12-. The van der Waals surface area contributed by atoms with Gasteiger partial charge in [-0.1, -0.05) is 6.07 Å². The lowest BCUT2D eigenvalue weighted by Crippen LogP contribution is -2.37. The third kappa shape index (κ3) is 8.03. The van der Waals surface area contributed by atoms with Crippen LogP contribution in [0.5, 0.6) is 5.75 Å². The van der Waals surface area contributed by atoms with Crippen LogP contribution < -0.4 is 20.8 Å². The molecular formula is C23H19F3N4O5. The minimum Gasteiger partial charge on any atom is -0.484 e. The maximum atomic E-state index is 12.8. The van der Waals surface area contributed by atoms with Gasteiger partial charge in [-0.2, -0.15) is 18.3 Å². The van der Waals surface area contributed by atoms with Gasteiger partial charge < -0.3 is 19.8 Å². The van der Waals surface area contributed by atoms with Gasteiger partial charge in [0.05, 0.1) is 24.6 Å². The maximum Gasteiger partial charge on any atom is 0.416 e. The number of alkyl halides is 3. The van der Waals surface area contributed by atoms with E-state index in [0.717, 1.165) is 12.1 Å². The van der Waals surface area contributed by atoms with Crippen molar-refractivity contribution in [1.82, 2.24) is 10.7 Å². The van der Waals surface area contributed by atoms with Crippen LogP contribution in [0.3, 0.4) is 0 Å². The number of amides is 3. The Morgan fingerprint density at radius 1 is 1.00 bits per heavy atom. The molecule has 1 aromatic heterocycles. The van der Waals surface area contributed by atoms with Crippen LogP contribution in [-0.2, 0) is 27.1 Å². The molecule has 182 valence electrons. The van der Waals surface area contributed by atoms with E-state index in [0.29, 0.717) is 17.1 Å². The molecule has 0 atom stereocenters. The predicted octanol–water partition coefficient (Wildman–Crippen LogP) is 3.08. The number of hydrogen-bond acceptors (Lipinski definition) is 6. The van der Waals surface area contributed by atoms with Crippen molar-refractivity contribution in [2.45, 2.75) is 12.7 Å². The summed E-state index contributed by atoms with van der Waals surface area (Å²) in [6.45, 7) is -0.366. The third-order valence-electron chi connectivity index (χ3n) is 4.31. The predicted molar refractivity (Wildman–Crippen MR) is 118 cm³/mol. The highest BCUT2D eigenvalue weighted by Crippen LogP contribution is 2.30. The second kappa shape index (κ2) is 11.5. The van der Waals surface area contributed by atoms with E-state index in [9.17, 15) is 27.6 Å². The molecule has 1 heterocycles. The first-order valence-electron chi connectivity index (χ1n) is 10.0. The summed E-state index contributed by atoms with van der Waals surface area (Å²) in [5.41, 5.74) is 1.76. The fraction of sp³-hybridized carbons (Fsp3) is 0.130. The van der Waals surface area contributed by atoms with Crippen LogP contribution in [0, 0.1) is 0 Å². The maximum absolute atomic E-state index is 12.8. The number of anilines is 1. The van der Waals surface area contributed by atoms with Crippen LogP contribution in [0.2, 0.25) is 0 Å². The Morgan fingerprint density at radius 3 is 2.46 bits per heavy atom. The van der Waals surface area contributed by atoms with Gasteiger partial charge in [0.2, 0.25) is 0 Å². The van der Waals surface area contributed by atoms with Crippen molar-refractivity contribution in [3.63, 3.8) is 0 Å². The molecule has 0 aliphatic heterocycles. The van der Waals surface area contributed by atoms with E-state index in [1.165, 1.54) is 36.7 Å². The molecule has 3 aromatic rings. The second-order valence-electron chi connectivity index (χ2n) is 6.95. The molecule has 35 heavy (non-hydrogen) atoms. The number of nitrogens with zero attached hydrogens (tertiary/aromatic N) is 1. The average molecular weight is 488 g/mol. The lowest BCUT2D eigenvalue weighted by Gasteiger charge is -2.10. The van der Waals surface area contributed by atoms with Gasteiger partial charge >= 0.3 is 18.0 Å². The zero-order chi connectivity index (χ0) is 25.3. The number of carbonyl (C=O) groups is 3. The number of nitrogens with one attached hydrogen (secondary N) is 3. The summed E-state index contributed by atoms with van der Waals surface area (Å²) in [5.74, 6) is -1.67. The van der Waals surface area contributed by atoms with Gasteiger partial charge in [-0.05, 0) is 60.2 Å². The van der Waals surface area contributed by atoms with Gasteiger partial charge in [0.25, 0.3) is 5.91 Å². The highest BCUT2D eigenvalue weighted by atomic mass is 19.4. The summed E-state index contributed by atoms with van der Waals surface area (Å²) in [5, 5.41) is 8.40. The Hall–Kier alpha value is -4.61. The van der Waals surface area contributed by atoms with Crippen molar-refractivity contribution in [1.29, 1.82) is 0 Å². The molecule has 0 spiro atoms. The molecule has 2 aromatic carbocycles. The van der Waals surface area contributed by atoms with Crippen molar-refractivity contribution in [2.24, 2.45) is 5.10 Å². The average Bonchev–Trinajstić information content (AvgIpc) is 3.35. The first-order chi connectivity index (χ1) is 16.7. The SMILES string of the molecule is O=C(COc1ccc(/C=N\NC(=O)C(=O)NCc2ccco2)cc1)Nc1cccc(C(F)(F)F)c1. The first kappa shape index (κ1) is 25.0. The smallest absolute Gasteiger partial charge is 0.416 e. The van der Waals surface area contributed by atoms with Crippen LogP contribution in [0.1, 0.15) is 16.9 Å². The zero-order valence-electron chi connectivity index (χ0n) is 18.0. The summed E-state index contributed by atoms with van der Waals surface area (Å²) >= 11 is 0. The van der Waals surface area contributed by atoms with E-state index in [-0.39, 0.29) is 12.2 Å². The summed E-state index contributed by atoms with van der Waals surface area (Å²) in [7, 11) is 0.